The van der Waals surface area contributed by atoms with Crippen molar-refractivity contribution in [3.8, 4) is 0 Å². The molecule has 150 valence electrons. The summed E-state index contributed by atoms with van der Waals surface area (Å²) in [6, 6.07) is 0. The monoisotopic (exact) mass is 410 g/mol. The number of rotatable bonds is 0. The third-order valence-electron chi connectivity index (χ3n) is 3.46. The fourth-order valence-corrected chi connectivity index (χ4v) is 1.88. The van der Waals surface area contributed by atoms with Crippen LogP contribution in [-0.2, 0) is 0 Å². The van der Waals surface area contributed by atoms with E-state index in [2.05, 4.69) is 0 Å². The van der Waals surface area contributed by atoms with E-state index in [4.69, 9.17) is 0 Å². The maximum absolute atomic E-state index is 12.0. The first-order valence-electron chi connectivity index (χ1n) is 5.87. The lowest BCUT2D eigenvalue weighted by atomic mass is 10.2. The average Bonchev–Trinajstić information content (AvgIpc) is 2.50. The highest BCUT2D eigenvalue weighted by Gasteiger charge is 2.88. The minimum atomic E-state index is -6.00. The Morgan fingerprint density at radius 1 is 0.480 bits per heavy atom. The molecular formula is C10H5F15. The lowest BCUT2D eigenvalue weighted by Gasteiger charge is -2.23. The van der Waals surface area contributed by atoms with Crippen LogP contribution in [0.1, 0.15) is 12.8 Å². The van der Waals surface area contributed by atoms with Crippen LogP contribution in [0, 0.1) is 0 Å². The van der Waals surface area contributed by atoms with Crippen LogP contribution < -0.4 is 0 Å². The van der Waals surface area contributed by atoms with Crippen LogP contribution in [0.15, 0.2) is 0 Å². The van der Waals surface area contributed by atoms with Crippen LogP contribution in [-0.4, -0.2) is 47.6 Å². The van der Waals surface area contributed by atoms with E-state index >= 15 is 0 Å². The normalized spacial score (nSPS) is 34.9. The highest BCUT2D eigenvalue weighted by Crippen LogP contribution is 2.62. The first kappa shape index (κ1) is 22.0. The fourth-order valence-electron chi connectivity index (χ4n) is 1.88. The minimum absolute atomic E-state index is 2.13. The topological polar surface area (TPSA) is 0 Å². The lowest BCUT2D eigenvalue weighted by Crippen LogP contribution is -2.51. The Morgan fingerprint density at radius 3 is 0.880 bits per heavy atom. The Bertz CT molecular complexity index is 494. The Balaban J connectivity index is 0.000000251. The van der Waals surface area contributed by atoms with Crippen LogP contribution >= 0.6 is 0 Å². The second-order valence-corrected chi connectivity index (χ2v) is 5.31. The van der Waals surface area contributed by atoms with E-state index in [-0.39, 0.29) is 0 Å². The summed E-state index contributed by atoms with van der Waals surface area (Å²) in [6.07, 6.45) is -8.45. The molecule has 25 heavy (non-hydrogen) atoms. The average molecular weight is 410 g/mol. The predicted molar refractivity (Wildman–Crippen MR) is 48.8 cm³/mol. The van der Waals surface area contributed by atoms with Gasteiger partial charge in [0.1, 0.15) is 0 Å². The van der Waals surface area contributed by atoms with Gasteiger partial charge in [-0.2, -0.15) is 61.5 Å². The van der Waals surface area contributed by atoms with Gasteiger partial charge in [0.25, 0.3) is 0 Å². The second-order valence-electron chi connectivity index (χ2n) is 5.31. The highest BCUT2D eigenvalue weighted by atomic mass is 19.4. The molecule has 0 amide bonds. The fraction of sp³-hybridized carbons (Fsp3) is 1.00. The molecule has 0 aromatic heterocycles. The van der Waals surface area contributed by atoms with Crippen LogP contribution in [0.2, 0.25) is 0 Å². The zero-order valence-corrected chi connectivity index (χ0v) is 11.2. The second kappa shape index (κ2) is 5.24. The molecule has 0 nitrogen and oxygen atoms in total. The minimum Gasteiger partial charge on any atom is -0.240 e. The molecule has 2 fully saturated rings. The predicted octanol–water partition coefficient (Wildman–Crippen LogP) is 5.57. The molecule has 0 saturated heterocycles. The summed E-state index contributed by atoms with van der Waals surface area (Å²) in [5.74, 6) is -38.6. The summed E-state index contributed by atoms with van der Waals surface area (Å²) in [5, 5.41) is 0. The van der Waals surface area contributed by atoms with Crippen molar-refractivity contribution in [3.63, 3.8) is 0 Å². The summed E-state index contributed by atoms with van der Waals surface area (Å²) in [5.41, 5.74) is 0. The molecule has 0 aliphatic heterocycles. The van der Waals surface area contributed by atoms with Crippen molar-refractivity contribution in [2.24, 2.45) is 0 Å². The maximum atomic E-state index is 12.0. The molecular weight excluding hydrogens is 405 g/mol. The van der Waals surface area contributed by atoms with Crippen LogP contribution in [0.5, 0.6) is 0 Å². The third kappa shape index (κ3) is 2.71. The first-order chi connectivity index (χ1) is 10.6. The number of alkyl halides is 15. The Labute approximate surface area is 128 Å². The number of hydrogen-bond donors (Lipinski definition) is 0. The molecule has 0 N–H and O–H groups in total. The molecule has 0 aromatic carbocycles. The summed E-state index contributed by atoms with van der Waals surface area (Å²) in [6.45, 7) is 0. The quantitative estimate of drug-likeness (QED) is 0.459. The summed E-state index contributed by atoms with van der Waals surface area (Å²) in [7, 11) is 0. The molecule has 0 aromatic rings. The zero-order valence-electron chi connectivity index (χ0n) is 11.2. The van der Waals surface area contributed by atoms with Gasteiger partial charge in [-0.05, 0) is 0 Å². The van der Waals surface area contributed by atoms with Crippen molar-refractivity contribution in [3.05, 3.63) is 0 Å². The summed E-state index contributed by atoms with van der Waals surface area (Å²) >= 11 is 0. The van der Waals surface area contributed by atoms with Crippen molar-refractivity contribution in [1.29, 1.82) is 0 Å². The molecule has 0 heterocycles. The van der Waals surface area contributed by atoms with Gasteiger partial charge in [-0.1, -0.05) is 0 Å². The van der Waals surface area contributed by atoms with Crippen molar-refractivity contribution in [2.75, 3.05) is 0 Å². The summed E-state index contributed by atoms with van der Waals surface area (Å²) in [4.78, 5) is 0. The molecule has 2 saturated carbocycles. The molecule has 0 radical (unpaired) electrons. The van der Waals surface area contributed by atoms with E-state index in [1.54, 1.807) is 0 Å². The van der Waals surface area contributed by atoms with Gasteiger partial charge in [0.05, 0.1) is 12.8 Å². The smallest absolute Gasteiger partial charge is 0.240 e. The van der Waals surface area contributed by atoms with Crippen molar-refractivity contribution < 1.29 is 65.9 Å². The van der Waals surface area contributed by atoms with Crippen molar-refractivity contribution >= 4 is 0 Å². The zero-order chi connectivity index (χ0) is 20.5. The van der Waals surface area contributed by atoms with Crippen LogP contribution in [0.3, 0.4) is 0 Å². The first-order valence-corrected chi connectivity index (χ1v) is 5.87. The molecule has 2 rings (SSSR count). The largest absolute Gasteiger partial charge is 0.378 e. The Morgan fingerprint density at radius 2 is 0.800 bits per heavy atom. The Hall–Kier alpha value is -1.05. The van der Waals surface area contributed by atoms with E-state index in [0.29, 0.717) is 0 Å². The van der Waals surface area contributed by atoms with Gasteiger partial charge in [-0.15, -0.1) is 0 Å². The van der Waals surface area contributed by atoms with Crippen molar-refractivity contribution in [1.82, 2.24) is 0 Å². The van der Waals surface area contributed by atoms with Gasteiger partial charge >= 0.3 is 41.5 Å². The van der Waals surface area contributed by atoms with Gasteiger partial charge in [-0.25, -0.2) is 4.39 Å². The van der Waals surface area contributed by atoms with Crippen LogP contribution in [0.25, 0.3) is 0 Å². The van der Waals surface area contributed by atoms with Crippen LogP contribution in [0.4, 0.5) is 65.9 Å². The molecule has 2 aliphatic carbocycles. The van der Waals surface area contributed by atoms with E-state index in [1.807, 2.05) is 0 Å². The molecule has 15 heteroatoms. The maximum Gasteiger partial charge on any atom is 0.378 e. The van der Waals surface area contributed by atoms with E-state index in [1.165, 1.54) is 0 Å². The van der Waals surface area contributed by atoms with Gasteiger partial charge in [0, 0.05) is 0 Å². The van der Waals surface area contributed by atoms with Gasteiger partial charge in [0.15, 0.2) is 6.17 Å². The lowest BCUT2D eigenvalue weighted by molar-refractivity contribution is -0.303. The molecule has 0 bridgehead atoms. The molecule has 1 unspecified atom stereocenters. The third-order valence-corrected chi connectivity index (χ3v) is 3.46. The van der Waals surface area contributed by atoms with Crippen molar-refractivity contribution in [2.45, 2.75) is 60.5 Å². The SMILES string of the molecule is FC1(F)CC(F)(F)C(F)(F)C1(F)F.FC1CC(F)(F)C(F)(F)C1(F)F. The molecule has 0 spiro atoms. The Kier molecular flexibility index (Phi) is 4.61. The van der Waals surface area contributed by atoms with E-state index in [0.717, 1.165) is 0 Å². The number of halogens is 15. The van der Waals surface area contributed by atoms with E-state index < -0.39 is 60.5 Å². The standard InChI is InChI=1S/C5H2F8.C5H3F7/c6-2(7)1-3(8,9)5(12,13)4(2,10)11;6-2-1-3(7,8)5(11,12)4(2,9)10/h1H2;2H,1H2. The van der Waals surface area contributed by atoms with Gasteiger partial charge in [-0.3, -0.25) is 0 Å². The van der Waals surface area contributed by atoms with Gasteiger partial charge in [0.2, 0.25) is 0 Å². The number of hydrogen-bond acceptors (Lipinski definition) is 0. The summed E-state index contributed by atoms with van der Waals surface area (Å²) < 4.78 is 180. The highest BCUT2D eigenvalue weighted by molar-refractivity contribution is 5.13. The molecule has 2 aliphatic rings. The van der Waals surface area contributed by atoms with Gasteiger partial charge < -0.3 is 0 Å². The molecule has 1 atom stereocenters. The van der Waals surface area contributed by atoms with E-state index in [9.17, 15) is 65.9 Å².